The van der Waals surface area contributed by atoms with Crippen molar-refractivity contribution in [3.63, 3.8) is 0 Å². The highest BCUT2D eigenvalue weighted by atomic mass is 16.3. The molecule has 0 spiro atoms. The van der Waals surface area contributed by atoms with Crippen LogP contribution in [-0.2, 0) is 0 Å². The van der Waals surface area contributed by atoms with Crippen LogP contribution in [0.2, 0.25) is 0 Å². The number of aromatic amines is 1. The number of aromatic nitrogens is 2. The van der Waals surface area contributed by atoms with Gasteiger partial charge in [-0.25, -0.2) is 0 Å². The van der Waals surface area contributed by atoms with Gasteiger partial charge in [0.15, 0.2) is 5.76 Å². The van der Waals surface area contributed by atoms with Crippen LogP contribution < -0.4 is 10.2 Å². The van der Waals surface area contributed by atoms with Crippen molar-refractivity contribution >= 4 is 17.3 Å². The number of hydrogen-bond acceptors (Lipinski definition) is 4. The first-order valence-corrected chi connectivity index (χ1v) is 9.48. The number of H-pyrrole nitrogens is 1. The van der Waals surface area contributed by atoms with Crippen molar-refractivity contribution in [3.8, 4) is 11.5 Å². The van der Waals surface area contributed by atoms with Crippen molar-refractivity contribution in [3.05, 3.63) is 89.3 Å². The lowest BCUT2D eigenvalue weighted by Gasteiger charge is -2.37. The maximum absolute atomic E-state index is 13.5. The number of anilines is 2. The molecule has 2 aromatic heterocycles. The summed E-state index contributed by atoms with van der Waals surface area (Å²) in [5, 5.41) is 10.8. The van der Waals surface area contributed by atoms with E-state index in [1.165, 1.54) is 0 Å². The molecule has 1 aliphatic rings. The highest BCUT2D eigenvalue weighted by Gasteiger charge is 2.36. The Labute approximate surface area is 168 Å². The summed E-state index contributed by atoms with van der Waals surface area (Å²) in [6.07, 6.45) is 1.31. The number of nitrogens with zero attached hydrogens (tertiary/aromatic N) is 2. The van der Waals surface area contributed by atoms with Crippen LogP contribution in [0.4, 0.5) is 11.4 Å². The highest BCUT2D eigenvalue weighted by molar-refractivity contribution is 6.12. The second-order valence-electron chi connectivity index (χ2n) is 7.21. The van der Waals surface area contributed by atoms with Gasteiger partial charge < -0.3 is 9.73 Å². The zero-order valence-electron chi connectivity index (χ0n) is 16.1. The van der Waals surface area contributed by atoms with E-state index in [1.54, 1.807) is 11.1 Å². The summed E-state index contributed by atoms with van der Waals surface area (Å²) in [7, 11) is 0. The molecule has 2 aromatic carbocycles. The first-order chi connectivity index (χ1) is 14.1. The summed E-state index contributed by atoms with van der Waals surface area (Å²) < 4.78 is 5.81. The summed E-state index contributed by atoms with van der Waals surface area (Å²) in [6, 6.07) is 19.3. The summed E-state index contributed by atoms with van der Waals surface area (Å²) in [5.41, 5.74) is 4.98. The normalized spacial score (nSPS) is 15.9. The number of nitrogens with one attached hydrogen (secondary N) is 2. The van der Waals surface area contributed by atoms with Crippen LogP contribution >= 0.6 is 0 Å². The van der Waals surface area contributed by atoms with Crippen LogP contribution in [-0.4, -0.2) is 16.1 Å². The zero-order valence-corrected chi connectivity index (χ0v) is 16.1. The smallest absolute Gasteiger partial charge is 0.262 e. The number of rotatable bonds is 3. The molecule has 1 atom stereocenters. The van der Waals surface area contributed by atoms with Crippen LogP contribution in [0.1, 0.15) is 33.4 Å². The number of carbonyl (C=O) groups excluding carboxylic acids is 1. The van der Waals surface area contributed by atoms with E-state index in [0.717, 1.165) is 34.0 Å². The van der Waals surface area contributed by atoms with Gasteiger partial charge in [-0.3, -0.25) is 14.8 Å². The van der Waals surface area contributed by atoms with Gasteiger partial charge >= 0.3 is 0 Å². The summed E-state index contributed by atoms with van der Waals surface area (Å²) in [6.45, 7) is 3.93. The number of hydrogen-bond donors (Lipinski definition) is 2. The van der Waals surface area contributed by atoms with E-state index in [0.29, 0.717) is 11.3 Å². The first kappa shape index (κ1) is 17.3. The molecular formula is C23H20N4O2. The largest absolute Gasteiger partial charge is 0.460 e. The lowest BCUT2D eigenvalue weighted by molar-refractivity contribution is 0.0975. The van der Waals surface area contributed by atoms with Crippen molar-refractivity contribution in [1.82, 2.24) is 10.2 Å². The molecule has 0 fully saturated rings. The van der Waals surface area contributed by atoms with Gasteiger partial charge in [-0.15, -0.1) is 0 Å². The van der Waals surface area contributed by atoms with Gasteiger partial charge in [-0.05, 0) is 50.2 Å². The average molecular weight is 384 g/mol. The van der Waals surface area contributed by atoms with Gasteiger partial charge in [-0.2, -0.15) is 5.10 Å². The molecular weight excluding hydrogens is 364 g/mol. The summed E-state index contributed by atoms with van der Waals surface area (Å²) in [4.78, 5) is 15.3. The molecule has 1 amide bonds. The van der Waals surface area contributed by atoms with Crippen LogP contribution in [0, 0.1) is 13.8 Å². The number of para-hydroxylation sites is 1. The molecule has 4 aromatic rings. The van der Waals surface area contributed by atoms with E-state index < -0.39 is 6.17 Å². The van der Waals surface area contributed by atoms with Crippen LogP contribution in [0.25, 0.3) is 11.5 Å². The first-order valence-electron chi connectivity index (χ1n) is 9.48. The Morgan fingerprint density at radius 3 is 2.55 bits per heavy atom. The van der Waals surface area contributed by atoms with Gasteiger partial charge in [0.2, 0.25) is 0 Å². The van der Waals surface area contributed by atoms with E-state index in [2.05, 4.69) is 15.5 Å². The van der Waals surface area contributed by atoms with E-state index in [-0.39, 0.29) is 5.91 Å². The number of aryl methyl sites for hydroxylation is 2. The maximum atomic E-state index is 13.5. The minimum absolute atomic E-state index is 0.0593. The Morgan fingerprint density at radius 2 is 1.79 bits per heavy atom. The van der Waals surface area contributed by atoms with Crippen molar-refractivity contribution in [2.45, 2.75) is 20.0 Å². The Hall–Kier alpha value is -3.80. The number of furan rings is 1. The van der Waals surface area contributed by atoms with Crippen LogP contribution in [0.5, 0.6) is 0 Å². The van der Waals surface area contributed by atoms with Crippen molar-refractivity contribution in [2.24, 2.45) is 0 Å². The molecule has 29 heavy (non-hydrogen) atoms. The molecule has 0 unspecified atom stereocenters. The average Bonchev–Trinajstić information content (AvgIpc) is 3.38. The second-order valence-corrected chi connectivity index (χ2v) is 7.21. The van der Waals surface area contributed by atoms with Crippen molar-refractivity contribution in [2.75, 3.05) is 10.2 Å². The fraction of sp³-hybridized carbons (Fsp3) is 0.130. The van der Waals surface area contributed by atoms with Gasteiger partial charge in [0.05, 0.1) is 11.8 Å². The Balaban J connectivity index is 1.67. The monoisotopic (exact) mass is 384 g/mol. The van der Waals surface area contributed by atoms with E-state index in [9.17, 15) is 4.79 Å². The zero-order chi connectivity index (χ0) is 20.0. The Kier molecular flexibility index (Phi) is 3.98. The third-order valence-electron chi connectivity index (χ3n) is 5.19. The Bertz CT molecular complexity index is 1190. The number of fused-ring (bicyclic) bond motifs is 1. The minimum atomic E-state index is -0.431. The molecule has 6 heteroatoms. The van der Waals surface area contributed by atoms with E-state index in [4.69, 9.17) is 4.42 Å². The van der Waals surface area contributed by atoms with Gasteiger partial charge in [-0.1, -0.05) is 29.8 Å². The lowest BCUT2D eigenvalue weighted by Crippen LogP contribution is -2.43. The molecule has 0 saturated heterocycles. The lowest BCUT2D eigenvalue weighted by atomic mass is 10.0. The third kappa shape index (κ3) is 2.89. The van der Waals surface area contributed by atoms with Gasteiger partial charge in [0.25, 0.3) is 5.91 Å². The van der Waals surface area contributed by atoms with Crippen molar-refractivity contribution in [1.29, 1.82) is 0 Å². The minimum Gasteiger partial charge on any atom is -0.460 e. The topological polar surface area (TPSA) is 74.2 Å². The van der Waals surface area contributed by atoms with Crippen LogP contribution in [0.15, 0.2) is 71.3 Å². The molecule has 0 radical (unpaired) electrons. The third-order valence-corrected chi connectivity index (χ3v) is 5.19. The fourth-order valence-corrected chi connectivity index (χ4v) is 3.71. The van der Waals surface area contributed by atoms with E-state index in [1.807, 2.05) is 74.5 Å². The number of amides is 1. The molecule has 144 valence electrons. The van der Waals surface area contributed by atoms with Crippen LogP contribution in [0.3, 0.4) is 0 Å². The summed E-state index contributed by atoms with van der Waals surface area (Å²) >= 11 is 0. The number of carbonyl (C=O) groups is 1. The van der Waals surface area contributed by atoms with Gasteiger partial charge in [0.1, 0.15) is 17.6 Å². The molecule has 1 aliphatic heterocycles. The van der Waals surface area contributed by atoms with Crippen molar-refractivity contribution < 1.29 is 9.21 Å². The van der Waals surface area contributed by atoms with E-state index >= 15 is 0 Å². The molecule has 5 rings (SSSR count). The molecule has 6 nitrogen and oxygen atoms in total. The standard InChI is InChI=1S/C23H20N4O2/c1-14-7-10-16(11-8-14)27-22(25-19-6-4-3-5-17(19)23(27)28)18-13-24-26-21(18)20-12-9-15(2)29-20/h3-13,22,25H,1-2H3,(H,24,26)/t22-/m0/s1. The highest BCUT2D eigenvalue weighted by Crippen LogP contribution is 2.39. The predicted octanol–water partition coefficient (Wildman–Crippen LogP) is 5.06. The van der Waals surface area contributed by atoms with Gasteiger partial charge in [0, 0.05) is 16.9 Å². The number of benzene rings is 2. The molecule has 0 bridgehead atoms. The second kappa shape index (κ2) is 6.67. The quantitative estimate of drug-likeness (QED) is 0.518. The summed E-state index contributed by atoms with van der Waals surface area (Å²) in [5.74, 6) is 1.44. The Morgan fingerprint density at radius 1 is 1.00 bits per heavy atom. The molecule has 0 aliphatic carbocycles. The fourth-order valence-electron chi connectivity index (χ4n) is 3.71. The molecule has 3 heterocycles. The maximum Gasteiger partial charge on any atom is 0.262 e. The SMILES string of the molecule is Cc1ccc(N2C(=O)c3ccccc3N[C@@H]2c2cn[nH]c2-c2ccc(C)o2)cc1. The predicted molar refractivity (Wildman–Crippen MR) is 112 cm³/mol. The molecule has 2 N–H and O–H groups in total. The molecule has 0 saturated carbocycles.